The molecule has 0 spiro atoms. The summed E-state index contributed by atoms with van der Waals surface area (Å²) in [6.45, 7) is 1.62. The van der Waals surface area contributed by atoms with E-state index in [1.54, 1.807) is 12.1 Å². The van der Waals surface area contributed by atoms with Crippen molar-refractivity contribution in [3.8, 4) is 11.5 Å². The largest absolute Gasteiger partial charge is 0.342 e. The van der Waals surface area contributed by atoms with Crippen molar-refractivity contribution in [3.05, 3.63) is 35.9 Å². The molecule has 2 aliphatic rings. The predicted octanol–water partition coefficient (Wildman–Crippen LogP) is 3.85. The number of likely N-dealkylation sites (tertiary alicyclic amines) is 1. The van der Waals surface area contributed by atoms with E-state index in [9.17, 15) is 9.18 Å². The van der Waals surface area contributed by atoms with Crippen molar-refractivity contribution >= 4 is 5.91 Å². The van der Waals surface area contributed by atoms with E-state index in [4.69, 9.17) is 4.52 Å². The molecular weight excluding hydrogens is 333 g/mol. The maximum atomic E-state index is 13.0. The van der Waals surface area contributed by atoms with E-state index < -0.39 is 0 Å². The number of carbonyl (C=O) groups is 1. The number of nitrogens with zero attached hydrogens (tertiary/aromatic N) is 3. The molecule has 5 nitrogen and oxygen atoms in total. The molecule has 1 aromatic carbocycles. The summed E-state index contributed by atoms with van der Waals surface area (Å²) in [5.74, 6) is 1.72. The van der Waals surface area contributed by atoms with E-state index in [2.05, 4.69) is 10.1 Å². The van der Waals surface area contributed by atoms with Gasteiger partial charge in [-0.15, -0.1) is 0 Å². The van der Waals surface area contributed by atoms with Crippen molar-refractivity contribution in [2.75, 3.05) is 13.1 Å². The highest BCUT2D eigenvalue weighted by atomic mass is 19.1. The zero-order chi connectivity index (χ0) is 17.9. The lowest BCUT2D eigenvalue weighted by Gasteiger charge is -2.26. The molecule has 1 atom stereocenters. The molecule has 2 fully saturated rings. The first kappa shape index (κ1) is 17.2. The molecule has 1 unspecified atom stereocenters. The van der Waals surface area contributed by atoms with Crippen LogP contribution >= 0.6 is 0 Å². The Kier molecular flexibility index (Phi) is 5.00. The van der Waals surface area contributed by atoms with Crippen LogP contribution in [0.5, 0.6) is 0 Å². The lowest BCUT2D eigenvalue weighted by molar-refractivity contribution is -0.135. The van der Waals surface area contributed by atoms with Gasteiger partial charge in [-0.3, -0.25) is 4.79 Å². The van der Waals surface area contributed by atoms with Gasteiger partial charge in [0.15, 0.2) is 5.82 Å². The normalized spacial score (nSPS) is 21.3. The van der Waals surface area contributed by atoms with Crippen LogP contribution in [-0.2, 0) is 11.2 Å². The third kappa shape index (κ3) is 3.79. The molecule has 0 radical (unpaired) electrons. The van der Waals surface area contributed by atoms with E-state index in [0.717, 1.165) is 32.4 Å². The van der Waals surface area contributed by atoms with Crippen LogP contribution in [0.15, 0.2) is 28.8 Å². The summed E-state index contributed by atoms with van der Waals surface area (Å²) in [5.41, 5.74) is 0.714. The van der Waals surface area contributed by atoms with Crippen LogP contribution in [0.2, 0.25) is 0 Å². The Morgan fingerprint density at radius 2 is 1.92 bits per heavy atom. The lowest BCUT2D eigenvalue weighted by Crippen LogP contribution is -2.35. The molecule has 1 saturated carbocycles. The minimum absolute atomic E-state index is 0.234. The second kappa shape index (κ2) is 7.56. The fraction of sp³-hybridized carbons (Fsp3) is 0.550. The summed E-state index contributed by atoms with van der Waals surface area (Å²) >= 11 is 0. The zero-order valence-corrected chi connectivity index (χ0v) is 14.9. The van der Waals surface area contributed by atoms with Gasteiger partial charge < -0.3 is 9.42 Å². The number of hydrogen-bond acceptors (Lipinski definition) is 4. The van der Waals surface area contributed by atoms with Gasteiger partial charge in [0, 0.05) is 31.0 Å². The monoisotopic (exact) mass is 357 g/mol. The van der Waals surface area contributed by atoms with Crippen LogP contribution in [-0.4, -0.2) is 34.0 Å². The molecule has 26 heavy (non-hydrogen) atoms. The number of hydrogen-bond donors (Lipinski definition) is 0. The predicted molar refractivity (Wildman–Crippen MR) is 94.7 cm³/mol. The minimum atomic E-state index is -0.290. The van der Waals surface area contributed by atoms with Gasteiger partial charge in [0.05, 0.1) is 0 Å². The fourth-order valence-corrected chi connectivity index (χ4v) is 4.11. The second-order valence-corrected chi connectivity index (χ2v) is 7.50. The molecular formula is C20H24FN3O2. The van der Waals surface area contributed by atoms with Crippen molar-refractivity contribution < 1.29 is 13.7 Å². The Morgan fingerprint density at radius 1 is 1.15 bits per heavy atom. The maximum absolute atomic E-state index is 13.0. The minimum Gasteiger partial charge on any atom is -0.342 e. The Morgan fingerprint density at radius 3 is 2.69 bits per heavy atom. The Bertz CT molecular complexity index is 753. The van der Waals surface area contributed by atoms with Crippen LogP contribution in [0.4, 0.5) is 4.39 Å². The second-order valence-electron chi connectivity index (χ2n) is 7.50. The number of benzene rings is 1. The van der Waals surface area contributed by atoms with Gasteiger partial charge in [0.25, 0.3) is 5.89 Å². The van der Waals surface area contributed by atoms with E-state index >= 15 is 0 Å². The summed E-state index contributed by atoms with van der Waals surface area (Å²) in [6, 6.07) is 6.02. The van der Waals surface area contributed by atoms with E-state index in [0.29, 0.717) is 35.5 Å². The number of carbonyl (C=O) groups excluding carboxylic acids is 1. The smallest absolute Gasteiger partial charge is 0.257 e. The average Bonchev–Trinajstić information content (AvgIpc) is 3.33. The number of amides is 1. The van der Waals surface area contributed by atoms with E-state index in [1.807, 2.05) is 4.90 Å². The molecule has 1 aliphatic heterocycles. The Hall–Kier alpha value is -2.24. The first-order valence-electron chi connectivity index (χ1n) is 9.56. The quantitative estimate of drug-likeness (QED) is 0.834. The van der Waals surface area contributed by atoms with Gasteiger partial charge >= 0.3 is 0 Å². The molecule has 1 amide bonds. The van der Waals surface area contributed by atoms with Crippen molar-refractivity contribution in [1.29, 1.82) is 0 Å². The molecule has 138 valence electrons. The highest BCUT2D eigenvalue weighted by Crippen LogP contribution is 2.29. The van der Waals surface area contributed by atoms with Crippen LogP contribution in [0, 0.1) is 17.7 Å². The molecule has 0 bridgehead atoms. The summed E-state index contributed by atoms with van der Waals surface area (Å²) in [6.07, 6.45) is 7.42. The topological polar surface area (TPSA) is 59.2 Å². The summed E-state index contributed by atoms with van der Waals surface area (Å²) in [7, 11) is 0. The number of rotatable bonds is 4. The highest BCUT2D eigenvalue weighted by molar-refractivity contribution is 5.79. The molecule has 2 heterocycles. The lowest BCUT2D eigenvalue weighted by atomic mass is 9.88. The third-order valence-electron chi connectivity index (χ3n) is 5.58. The Balaban J connectivity index is 1.34. The van der Waals surface area contributed by atoms with Crippen LogP contribution in [0.1, 0.15) is 44.3 Å². The van der Waals surface area contributed by atoms with Gasteiger partial charge in [0.2, 0.25) is 5.91 Å². The third-order valence-corrected chi connectivity index (χ3v) is 5.58. The molecule has 1 saturated heterocycles. The van der Waals surface area contributed by atoms with E-state index in [-0.39, 0.29) is 11.7 Å². The van der Waals surface area contributed by atoms with Crippen LogP contribution < -0.4 is 0 Å². The van der Waals surface area contributed by atoms with Crippen molar-refractivity contribution in [3.63, 3.8) is 0 Å². The zero-order valence-electron chi connectivity index (χ0n) is 14.9. The summed E-state index contributed by atoms with van der Waals surface area (Å²) in [5, 5.41) is 4.05. The highest BCUT2D eigenvalue weighted by Gasteiger charge is 2.32. The summed E-state index contributed by atoms with van der Waals surface area (Å²) < 4.78 is 18.3. The van der Waals surface area contributed by atoms with Gasteiger partial charge in [-0.1, -0.05) is 24.4 Å². The summed E-state index contributed by atoms with van der Waals surface area (Å²) in [4.78, 5) is 19.1. The maximum Gasteiger partial charge on any atom is 0.257 e. The molecule has 0 N–H and O–H groups in total. The van der Waals surface area contributed by atoms with E-state index in [1.165, 1.54) is 31.4 Å². The molecule has 6 heteroatoms. The van der Waals surface area contributed by atoms with Gasteiger partial charge in [-0.05, 0) is 49.4 Å². The van der Waals surface area contributed by atoms with Crippen molar-refractivity contribution in [1.82, 2.24) is 15.0 Å². The Labute approximate surface area is 152 Å². The van der Waals surface area contributed by atoms with Gasteiger partial charge in [0.1, 0.15) is 5.82 Å². The van der Waals surface area contributed by atoms with Gasteiger partial charge in [-0.2, -0.15) is 4.98 Å². The van der Waals surface area contributed by atoms with Crippen molar-refractivity contribution in [2.45, 2.75) is 44.9 Å². The molecule has 4 rings (SSSR count). The van der Waals surface area contributed by atoms with Crippen LogP contribution in [0.25, 0.3) is 11.5 Å². The number of aromatic nitrogens is 2. The van der Waals surface area contributed by atoms with Crippen LogP contribution in [0.3, 0.4) is 0 Å². The SMILES string of the molecule is O=C(C1CCCCC1)N1CCC(Cc2noc(-c3ccc(F)cc3)n2)C1. The first-order chi connectivity index (χ1) is 12.7. The molecule has 1 aromatic heterocycles. The number of halogens is 1. The first-order valence-corrected chi connectivity index (χ1v) is 9.56. The van der Waals surface area contributed by atoms with Gasteiger partial charge in [-0.25, -0.2) is 4.39 Å². The van der Waals surface area contributed by atoms with Crippen molar-refractivity contribution in [2.24, 2.45) is 11.8 Å². The fourth-order valence-electron chi connectivity index (χ4n) is 4.11. The average molecular weight is 357 g/mol. The molecule has 2 aromatic rings. The standard InChI is InChI=1S/C20H24FN3O2/c21-17-8-6-15(7-9-17)19-22-18(23-26-19)12-14-10-11-24(13-14)20(25)16-4-2-1-3-5-16/h6-9,14,16H,1-5,10-13H2. The molecule has 1 aliphatic carbocycles.